The Kier molecular flexibility index (Phi) is 6.32. The fraction of sp³-hybridized carbons (Fsp3) is 0.533. The fourth-order valence-corrected chi connectivity index (χ4v) is 7.68. The van der Waals surface area contributed by atoms with Gasteiger partial charge in [-0.05, 0) is 37.6 Å². The summed E-state index contributed by atoms with van der Waals surface area (Å²) in [7, 11) is 0. The van der Waals surface area contributed by atoms with Gasteiger partial charge >= 0.3 is 11.9 Å². The molecule has 2 aromatic carbocycles. The number of hydrogen-bond donors (Lipinski definition) is 4. The molecule has 7 aliphatic rings. The first-order valence-electron chi connectivity index (χ1n) is 13.9. The van der Waals surface area contributed by atoms with Gasteiger partial charge in [0.05, 0.1) is 16.5 Å². The number of aliphatic hydroxyl groups excluding tert-OH is 3. The summed E-state index contributed by atoms with van der Waals surface area (Å²) in [5.74, 6) is -3.25. The highest BCUT2D eigenvalue weighted by Crippen LogP contribution is 2.81. The lowest BCUT2D eigenvalue weighted by Gasteiger charge is -2.67. The van der Waals surface area contributed by atoms with Crippen molar-refractivity contribution in [2.24, 2.45) is 11.3 Å². The monoisotopic (exact) mass is 584 g/mol. The average Bonchev–Trinajstić information content (AvgIpc) is 3.18. The van der Waals surface area contributed by atoms with Crippen molar-refractivity contribution in [3.63, 3.8) is 0 Å². The van der Waals surface area contributed by atoms with Crippen LogP contribution >= 0.6 is 0 Å². The molecule has 6 bridgehead atoms. The highest BCUT2D eigenvalue weighted by atomic mass is 16.8. The smallest absolute Gasteiger partial charge is 0.338 e. The van der Waals surface area contributed by atoms with Gasteiger partial charge in [0.15, 0.2) is 18.4 Å². The van der Waals surface area contributed by atoms with Crippen molar-refractivity contribution in [1.29, 1.82) is 0 Å². The highest BCUT2D eigenvalue weighted by Gasteiger charge is 2.94. The second kappa shape index (κ2) is 9.53. The third kappa shape index (κ3) is 3.70. The summed E-state index contributed by atoms with van der Waals surface area (Å²) < 4.78 is 35.7. The molecule has 4 aliphatic heterocycles. The van der Waals surface area contributed by atoms with E-state index >= 15 is 0 Å². The molecule has 0 radical (unpaired) electrons. The molecule has 3 aliphatic carbocycles. The van der Waals surface area contributed by atoms with Gasteiger partial charge in [0.1, 0.15) is 48.8 Å². The van der Waals surface area contributed by atoms with Gasteiger partial charge in [0.2, 0.25) is 0 Å². The Balaban J connectivity index is 1.13. The van der Waals surface area contributed by atoms with E-state index in [4.69, 9.17) is 28.4 Å². The third-order valence-electron chi connectivity index (χ3n) is 9.78. The Labute approximate surface area is 240 Å². The average molecular weight is 585 g/mol. The first-order chi connectivity index (χ1) is 20.0. The molecule has 12 heteroatoms. The summed E-state index contributed by atoms with van der Waals surface area (Å²) in [5, 5.41) is 43.6. The topological polar surface area (TPSA) is 170 Å². The molecule has 42 heavy (non-hydrogen) atoms. The summed E-state index contributed by atoms with van der Waals surface area (Å²) in [6.07, 6.45) is -8.34. The maximum absolute atomic E-state index is 12.9. The second-order valence-electron chi connectivity index (χ2n) is 12.0. The Hall–Kier alpha value is -2.94. The molecule has 7 unspecified atom stereocenters. The van der Waals surface area contributed by atoms with Crippen molar-refractivity contribution in [3.05, 3.63) is 71.8 Å². The van der Waals surface area contributed by atoms with Crippen molar-refractivity contribution < 1.29 is 58.4 Å². The van der Waals surface area contributed by atoms with Gasteiger partial charge in [-0.1, -0.05) is 36.4 Å². The predicted molar refractivity (Wildman–Crippen MR) is 138 cm³/mol. The molecule has 2 aromatic rings. The van der Waals surface area contributed by atoms with Gasteiger partial charge in [-0.3, -0.25) is 0 Å². The summed E-state index contributed by atoms with van der Waals surface area (Å²) in [5.41, 5.74) is -2.88. The molecule has 3 saturated carbocycles. The second-order valence-corrected chi connectivity index (χ2v) is 12.0. The van der Waals surface area contributed by atoms with Crippen LogP contribution in [0.1, 0.15) is 40.5 Å². The van der Waals surface area contributed by atoms with E-state index in [0.717, 1.165) is 0 Å². The number of aliphatic hydroxyl groups is 4. The Morgan fingerprint density at radius 2 is 1.50 bits per heavy atom. The quantitative estimate of drug-likeness (QED) is 0.318. The molecule has 224 valence electrons. The molecule has 9 rings (SSSR count). The van der Waals surface area contributed by atoms with E-state index in [9.17, 15) is 30.0 Å². The van der Waals surface area contributed by atoms with Crippen molar-refractivity contribution >= 4 is 11.9 Å². The summed E-state index contributed by atoms with van der Waals surface area (Å²) >= 11 is 0. The van der Waals surface area contributed by atoms with E-state index in [1.807, 2.05) is 0 Å². The van der Waals surface area contributed by atoms with Gasteiger partial charge in [-0.2, -0.15) is 0 Å². The maximum Gasteiger partial charge on any atom is 0.338 e. The number of rotatable bonds is 8. The van der Waals surface area contributed by atoms with Crippen LogP contribution in [0.3, 0.4) is 0 Å². The minimum Gasteiger partial charge on any atom is -0.461 e. The van der Waals surface area contributed by atoms with Crippen molar-refractivity contribution in [3.8, 4) is 0 Å². The lowest BCUT2D eigenvalue weighted by Crippen LogP contribution is -2.80. The Morgan fingerprint density at radius 3 is 2.14 bits per heavy atom. The zero-order chi connectivity index (χ0) is 29.5. The van der Waals surface area contributed by atoms with E-state index in [2.05, 4.69) is 0 Å². The molecular weight excluding hydrogens is 552 g/mol. The number of hydrogen-bond acceptors (Lipinski definition) is 12. The van der Waals surface area contributed by atoms with Gasteiger partial charge in [0.25, 0.3) is 0 Å². The van der Waals surface area contributed by atoms with Crippen LogP contribution in [0.25, 0.3) is 0 Å². The van der Waals surface area contributed by atoms with Gasteiger partial charge < -0.3 is 48.8 Å². The summed E-state index contributed by atoms with van der Waals surface area (Å²) in [6, 6.07) is 16.7. The van der Waals surface area contributed by atoms with E-state index in [1.165, 1.54) is 0 Å². The van der Waals surface area contributed by atoms with E-state index in [1.54, 1.807) is 67.6 Å². The van der Waals surface area contributed by atoms with Crippen molar-refractivity contribution in [2.45, 2.75) is 73.8 Å². The number of ether oxygens (including phenoxy) is 6. The van der Waals surface area contributed by atoms with Crippen LogP contribution in [0.5, 0.6) is 0 Å². The SMILES string of the molecule is C[C@@]12C[C@@]3(O)OC(O1)[C@]1(COC(=O)c4ccccc4)C3C[C@@]12OC1OC(COC(=O)c2ccccc2)C(O)C(O)C1O. The van der Waals surface area contributed by atoms with E-state index < -0.39 is 83.9 Å². The first kappa shape index (κ1) is 27.9. The zero-order valence-electron chi connectivity index (χ0n) is 22.7. The minimum atomic E-state index is -1.69. The predicted octanol–water partition coefficient (Wildman–Crippen LogP) is 0.507. The van der Waals surface area contributed by atoms with Gasteiger partial charge in [0, 0.05) is 12.3 Å². The highest BCUT2D eigenvalue weighted by molar-refractivity contribution is 5.89. The largest absolute Gasteiger partial charge is 0.461 e. The number of benzene rings is 2. The molecule has 0 spiro atoms. The lowest BCUT2D eigenvalue weighted by molar-refractivity contribution is -0.424. The van der Waals surface area contributed by atoms with Crippen LogP contribution in [0.4, 0.5) is 0 Å². The van der Waals surface area contributed by atoms with Gasteiger partial charge in [-0.25, -0.2) is 9.59 Å². The molecule has 0 aromatic heterocycles. The number of esters is 2. The van der Waals surface area contributed by atoms with Crippen LogP contribution < -0.4 is 0 Å². The summed E-state index contributed by atoms with van der Waals surface area (Å²) in [4.78, 5) is 25.4. The summed E-state index contributed by atoms with van der Waals surface area (Å²) in [6.45, 7) is 1.12. The van der Waals surface area contributed by atoms with Crippen molar-refractivity contribution in [1.82, 2.24) is 0 Å². The normalized spacial score (nSPS) is 44.5. The van der Waals surface area contributed by atoms with Crippen LogP contribution in [0.15, 0.2) is 60.7 Å². The number of carbonyl (C=O) groups excluding carboxylic acids is 2. The molecule has 4 N–H and O–H groups in total. The van der Waals surface area contributed by atoms with Crippen LogP contribution in [-0.4, -0.2) is 99.6 Å². The molecule has 11 atom stereocenters. The molecule has 7 fully saturated rings. The standard InChI is InChI=1S/C30H32O12/c1-27-14-29(36)19-12-30(27,28(19,26(41-27)42-29)15-38-24(35)17-10-6-3-7-11-17)40-25-22(33)21(32)20(31)18(39-25)13-37-23(34)16-8-4-2-5-9-16/h2-11,18-22,25-26,31-33,36H,12-15H2,1H3/t18?,19?,20?,21?,22?,25?,26?,27-,28-,29+,30-/m0/s1. The van der Waals surface area contributed by atoms with Crippen LogP contribution in [-0.2, 0) is 28.4 Å². The zero-order valence-corrected chi connectivity index (χ0v) is 22.7. The maximum atomic E-state index is 12.9. The molecule has 0 amide bonds. The number of carbonyl (C=O) groups is 2. The van der Waals surface area contributed by atoms with Gasteiger partial charge in [-0.15, -0.1) is 0 Å². The molecule has 4 heterocycles. The van der Waals surface area contributed by atoms with Crippen LogP contribution in [0, 0.1) is 11.3 Å². The first-order valence-corrected chi connectivity index (χ1v) is 13.9. The molecule has 12 nitrogen and oxygen atoms in total. The Morgan fingerprint density at radius 1 is 0.881 bits per heavy atom. The van der Waals surface area contributed by atoms with Crippen molar-refractivity contribution in [2.75, 3.05) is 13.2 Å². The van der Waals surface area contributed by atoms with Crippen LogP contribution in [0.2, 0.25) is 0 Å². The fourth-order valence-electron chi connectivity index (χ4n) is 7.68. The third-order valence-corrected chi connectivity index (χ3v) is 9.78. The Bertz CT molecular complexity index is 1370. The van der Waals surface area contributed by atoms with E-state index in [-0.39, 0.29) is 19.4 Å². The molecular formula is C30H32O12. The van der Waals surface area contributed by atoms with E-state index in [0.29, 0.717) is 11.1 Å². The minimum absolute atomic E-state index is 0.0572. The lowest BCUT2D eigenvalue weighted by atomic mass is 9.41. The molecule has 4 saturated heterocycles.